The summed E-state index contributed by atoms with van der Waals surface area (Å²) in [7, 11) is 0. The van der Waals surface area contributed by atoms with Gasteiger partial charge in [-0.25, -0.2) is 0 Å². The molecule has 0 unspecified atom stereocenters. The quantitative estimate of drug-likeness (QED) is 0.720. The number of benzene rings is 1. The molecule has 0 aliphatic heterocycles. The van der Waals surface area contributed by atoms with Crippen molar-refractivity contribution in [3.63, 3.8) is 0 Å². The minimum Gasteiger partial charge on any atom is -0.313 e. The number of nitrogens with zero attached hydrogens (tertiary/aromatic N) is 1. The summed E-state index contributed by atoms with van der Waals surface area (Å²) in [5, 5.41) is 12.1. The van der Waals surface area contributed by atoms with E-state index in [4.69, 9.17) is 5.26 Å². The van der Waals surface area contributed by atoms with Gasteiger partial charge in [0.15, 0.2) is 0 Å². The Balaban J connectivity index is 2.28. The highest BCUT2D eigenvalue weighted by Gasteiger charge is 1.94. The fourth-order valence-electron chi connectivity index (χ4n) is 1.48. The minimum absolute atomic E-state index is 0.739. The molecule has 0 atom stereocenters. The molecule has 1 N–H and O–H groups in total. The number of nitrogens with one attached hydrogen (secondary N) is 1. The summed E-state index contributed by atoms with van der Waals surface area (Å²) < 4.78 is 0. The molecule has 0 heterocycles. The van der Waals surface area contributed by atoms with E-state index in [9.17, 15) is 0 Å². The van der Waals surface area contributed by atoms with E-state index in [2.05, 4.69) is 18.3 Å². The van der Waals surface area contributed by atoms with Crippen LogP contribution in [-0.4, -0.2) is 6.54 Å². The summed E-state index contributed by atoms with van der Waals surface area (Å²) in [6.45, 7) is 4.13. The average molecular weight is 202 g/mol. The average Bonchev–Trinajstić information content (AvgIpc) is 2.29. The van der Waals surface area contributed by atoms with Crippen LogP contribution in [0.5, 0.6) is 0 Å². The highest BCUT2D eigenvalue weighted by atomic mass is 14.8. The van der Waals surface area contributed by atoms with E-state index in [1.807, 2.05) is 24.3 Å². The van der Waals surface area contributed by atoms with Gasteiger partial charge < -0.3 is 5.32 Å². The summed E-state index contributed by atoms with van der Waals surface area (Å²) in [5.41, 5.74) is 1.92. The molecule has 0 fully saturated rings. The smallest absolute Gasteiger partial charge is 0.0991 e. The van der Waals surface area contributed by atoms with E-state index >= 15 is 0 Å². The molecular formula is C13H18N2. The Morgan fingerprint density at radius 2 is 2.20 bits per heavy atom. The van der Waals surface area contributed by atoms with Crippen LogP contribution in [0.2, 0.25) is 0 Å². The Morgan fingerprint density at radius 1 is 1.33 bits per heavy atom. The molecule has 0 aromatic heterocycles. The predicted octanol–water partition coefficient (Wildman–Crippen LogP) is 2.84. The maximum absolute atomic E-state index is 8.73. The van der Waals surface area contributed by atoms with Gasteiger partial charge in [0.2, 0.25) is 0 Å². The molecule has 0 amide bonds. The molecule has 0 spiro atoms. The first-order chi connectivity index (χ1) is 7.36. The molecule has 0 saturated heterocycles. The van der Waals surface area contributed by atoms with E-state index in [0.717, 1.165) is 18.7 Å². The van der Waals surface area contributed by atoms with Crippen LogP contribution in [0.3, 0.4) is 0 Å². The first kappa shape index (κ1) is 11.7. The molecule has 0 aliphatic rings. The number of rotatable bonds is 6. The van der Waals surface area contributed by atoms with E-state index in [1.54, 1.807) is 0 Å². The van der Waals surface area contributed by atoms with E-state index < -0.39 is 0 Å². The van der Waals surface area contributed by atoms with Crippen molar-refractivity contribution in [2.75, 3.05) is 6.54 Å². The van der Waals surface area contributed by atoms with Crippen LogP contribution in [0.15, 0.2) is 24.3 Å². The lowest BCUT2D eigenvalue weighted by Crippen LogP contribution is -2.14. The molecular weight excluding hydrogens is 184 g/mol. The van der Waals surface area contributed by atoms with Crippen LogP contribution in [0, 0.1) is 11.3 Å². The number of unbranched alkanes of at least 4 members (excludes halogenated alkanes) is 2. The van der Waals surface area contributed by atoms with Gasteiger partial charge >= 0.3 is 0 Å². The van der Waals surface area contributed by atoms with Gasteiger partial charge in [-0.1, -0.05) is 31.9 Å². The van der Waals surface area contributed by atoms with Crippen LogP contribution in [0.25, 0.3) is 0 Å². The highest BCUT2D eigenvalue weighted by Crippen LogP contribution is 2.03. The van der Waals surface area contributed by atoms with Crippen LogP contribution in [-0.2, 0) is 6.54 Å². The SMILES string of the molecule is CCCCCNCc1cccc(C#N)c1. The third-order valence-electron chi connectivity index (χ3n) is 2.34. The van der Waals surface area contributed by atoms with Crippen molar-refractivity contribution in [1.29, 1.82) is 5.26 Å². The van der Waals surface area contributed by atoms with Gasteiger partial charge in [-0.05, 0) is 30.7 Å². The number of nitriles is 1. The lowest BCUT2D eigenvalue weighted by Gasteiger charge is -2.04. The molecule has 2 nitrogen and oxygen atoms in total. The summed E-state index contributed by atoms with van der Waals surface area (Å²) >= 11 is 0. The van der Waals surface area contributed by atoms with Crippen LogP contribution < -0.4 is 5.32 Å². The molecule has 0 radical (unpaired) electrons. The van der Waals surface area contributed by atoms with E-state index in [1.165, 1.54) is 24.8 Å². The van der Waals surface area contributed by atoms with Crippen molar-refractivity contribution < 1.29 is 0 Å². The molecule has 2 heteroatoms. The van der Waals surface area contributed by atoms with E-state index in [-0.39, 0.29) is 0 Å². The zero-order chi connectivity index (χ0) is 10.9. The first-order valence-corrected chi connectivity index (χ1v) is 5.56. The second-order valence-corrected chi connectivity index (χ2v) is 3.70. The summed E-state index contributed by atoms with van der Waals surface area (Å²) in [6.07, 6.45) is 3.77. The van der Waals surface area contributed by atoms with Gasteiger partial charge in [0.25, 0.3) is 0 Å². The van der Waals surface area contributed by atoms with Crippen molar-refractivity contribution in [2.45, 2.75) is 32.7 Å². The van der Waals surface area contributed by atoms with Crippen molar-refractivity contribution in [1.82, 2.24) is 5.32 Å². The van der Waals surface area contributed by atoms with Gasteiger partial charge in [-0.15, -0.1) is 0 Å². The van der Waals surface area contributed by atoms with E-state index in [0.29, 0.717) is 0 Å². The van der Waals surface area contributed by atoms with Crippen molar-refractivity contribution in [3.8, 4) is 6.07 Å². The second kappa shape index (κ2) is 7.03. The maximum Gasteiger partial charge on any atom is 0.0991 e. The van der Waals surface area contributed by atoms with Crippen molar-refractivity contribution in [2.24, 2.45) is 0 Å². The second-order valence-electron chi connectivity index (χ2n) is 3.70. The monoisotopic (exact) mass is 202 g/mol. The Labute approximate surface area is 91.9 Å². The van der Waals surface area contributed by atoms with Crippen LogP contribution >= 0.6 is 0 Å². The number of hydrogen-bond donors (Lipinski definition) is 1. The highest BCUT2D eigenvalue weighted by molar-refractivity contribution is 5.32. The van der Waals surface area contributed by atoms with Gasteiger partial charge in [0.05, 0.1) is 11.6 Å². The maximum atomic E-state index is 8.73. The summed E-state index contributed by atoms with van der Waals surface area (Å²) in [6, 6.07) is 9.90. The minimum atomic E-state index is 0.739. The Morgan fingerprint density at radius 3 is 2.93 bits per heavy atom. The molecule has 1 rings (SSSR count). The molecule has 1 aromatic carbocycles. The zero-order valence-electron chi connectivity index (χ0n) is 9.29. The van der Waals surface area contributed by atoms with Crippen molar-refractivity contribution in [3.05, 3.63) is 35.4 Å². The molecule has 1 aromatic rings. The zero-order valence-corrected chi connectivity index (χ0v) is 9.29. The molecule has 15 heavy (non-hydrogen) atoms. The van der Waals surface area contributed by atoms with Crippen molar-refractivity contribution >= 4 is 0 Å². The Hall–Kier alpha value is -1.33. The molecule has 0 saturated carbocycles. The normalized spacial score (nSPS) is 9.87. The summed E-state index contributed by atoms with van der Waals surface area (Å²) in [4.78, 5) is 0. The third-order valence-corrected chi connectivity index (χ3v) is 2.34. The number of hydrogen-bond acceptors (Lipinski definition) is 2. The van der Waals surface area contributed by atoms with Crippen LogP contribution in [0.1, 0.15) is 37.3 Å². The summed E-state index contributed by atoms with van der Waals surface area (Å²) in [5.74, 6) is 0. The third kappa shape index (κ3) is 4.62. The molecule has 0 bridgehead atoms. The molecule has 0 aliphatic carbocycles. The van der Waals surface area contributed by atoms with Gasteiger partial charge in [-0.2, -0.15) is 5.26 Å². The fourth-order valence-corrected chi connectivity index (χ4v) is 1.48. The van der Waals surface area contributed by atoms with Gasteiger partial charge in [0.1, 0.15) is 0 Å². The fraction of sp³-hybridized carbons (Fsp3) is 0.462. The van der Waals surface area contributed by atoms with Crippen LogP contribution in [0.4, 0.5) is 0 Å². The Kier molecular flexibility index (Phi) is 5.50. The largest absolute Gasteiger partial charge is 0.313 e. The first-order valence-electron chi connectivity index (χ1n) is 5.56. The topological polar surface area (TPSA) is 35.8 Å². The van der Waals surface area contributed by atoms with Gasteiger partial charge in [0, 0.05) is 6.54 Å². The Bertz CT molecular complexity index is 326. The lowest BCUT2D eigenvalue weighted by atomic mass is 10.1. The predicted molar refractivity (Wildman–Crippen MR) is 62.4 cm³/mol. The van der Waals surface area contributed by atoms with Gasteiger partial charge in [-0.3, -0.25) is 0 Å². The standard InChI is InChI=1S/C13H18N2/c1-2-3-4-8-15-11-13-7-5-6-12(9-13)10-14/h5-7,9,15H,2-4,8,11H2,1H3. The lowest BCUT2D eigenvalue weighted by molar-refractivity contribution is 0.617. The molecule has 80 valence electrons.